The van der Waals surface area contributed by atoms with Gasteiger partial charge in [0.15, 0.2) is 11.7 Å². The molecular formula is C14H23N5. The van der Waals surface area contributed by atoms with Gasteiger partial charge in [0.05, 0.1) is 12.6 Å². The number of hydrogen-bond donors (Lipinski definition) is 0. The van der Waals surface area contributed by atoms with Crippen LogP contribution in [0.15, 0.2) is 22.4 Å². The molecule has 0 aromatic rings. The summed E-state index contributed by atoms with van der Waals surface area (Å²) in [5, 5.41) is 0. The van der Waals surface area contributed by atoms with Crippen molar-refractivity contribution in [3.8, 4) is 0 Å². The zero-order valence-corrected chi connectivity index (χ0v) is 12.1. The van der Waals surface area contributed by atoms with Crippen LogP contribution in [-0.4, -0.2) is 71.2 Å². The molecule has 3 rings (SSSR count). The molecule has 0 unspecified atom stereocenters. The van der Waals surface area contributed by atoms with Crippen molar-refractivity contribution < 1.29 is 0 Å². The highest BCUT2D eigenvalue weighted by Crippen LogP contribution is 2.18. The minimum atomic E-state index is 0.466. The van der Waals surface area contributed by atoms with Crippen LogP contribution in [0.1, 0.15) is 20.8 Å². The zero-order chi connectivity index (χ0) is 13.4. The van der Waals surface area contributed by atoms with Gasteiger partial charge in [-0.15, -0.1) is 0 Å². The molecule has 5 nitrogen and oxygen atoms in total. The second kappa shape index (κ2) is 4.96. The molecule has 0 aliphatic carbocycles. The highest BCUT2D eigenvalue weighted by molar-refractivity contribution is 6.41. The number of piperazine rings is 1. The van der Waals surface area contributed by atoms with Crippen LogP contribution in [0.25, 0.3) is 0 Å². The van der Waals surface area contributed by atoms with Crippen LogP contribution in [0.3, 0.4) is 0 Å². The lowest BCUT2D eigenvalue weighted by Crippen LogP contribution is -2.54. The van der Waals surface area contributed by atoms with Gasteiger partial charge in [-0.25, -0.2) is 4.99 Å². The van der Waals surface area contributed by atoms with Crippen molar-refractivity contribution >= 4 is 11.7 Å². The lowest BCUT2D eigenvalue weighted by atomic mass is 10.2. The Balaban J connectivity index is 1.70. The van der Waals surface area contributed by atoms with Gasteiger partial charge in [-0.3, -0.25) is 9.89 Å². The number of aliphatic imine (C=N–C) groups is 2. The molecule has 0 aromatic heterocycles. The van der Waals surface area contributed by atoms with Crippen molar-refractivity contribution in [3.63, 3.8) is 0 Å². The third-order valence-electron chi connectivity index (χ3n) is 4.19. The molecule has 19 heavy (non-hydrogen) atoms. The number of amidine groups is 2. The summed E-state index contributed by atoms with van der Waals surface area (Å²) in [6.45, 7) is 11.9. The van der Waals surface area contributed by atoms with Crippen LogP contribution in [0.4, 0.5) is 0 Å². The first kappa shape index (κ1) is 12.7. The molecule has 1 saturated heterocycles. The van der Waals surface area contributed by atoms with Crippen molar-refractivity contribution in [1.29, 1.82) is 0 Å². The Kier molecular flexibility index (Phi) is 3.31. The average molecular weight is 261 g/mol. The third kappa shape index (κ3) is 2.27. The standard InChI is InChI=1S/C14H23N5/c1-11(2)17-6-8-18(9-7-17)13-14-16-10-12(3)19(14)5-4-15-13/h4-5,11-12H,6-10H2,1-3H3/t12-/m1/s1. The van der Waals surface area contributed by atoms with Crippen LogP contribution in [0.5, 0.6) is 0 Å². The fraction of sp³-hybridized carbons (Fsp3) is 0.714. The topological polar surface area (TPSA) is 34.4 Å². The molecule has 3 aliphatic heterocycles. The number of rotatable bonds is 1. The van der Waals surface area contributed by atoms with E-state index in [1.807, 2.05) is 12.4 Å². The van der Waals surface area contributed by atoms with Gasteiger partial charge >= 0.3 is 0 Å². The lowest BCUT2D eigenvalue weighted by molar-refractivity contribution is 0.149. The highest BCUT2D eigenvalue weighted by Gasteiger charge is 2.32. The van der Waals surface area contributed by atoms with Gasteiger partial charge in [-0.05, 0) is 20.8 Å². The second-order valence-electron chi connectivity index (χ2n) is 5.79. The lowest BCUT2D eigenvalue weighted by Gasteiger charge is -2.39. The molecule has 1 atom stereocenters. The number of fused-ring (bicyclic) bond motifs is 1. The maximum Gasteiger partial charge on any atom is 0.172 e. The Bertz CT molecular complexity index is 429. The smallest absolute Gasteiger partial charge is 0.172 e. The van der Waals surface area contributed by atoms with Gasteiger partial charge in [-0.1, -0.05) is 0 Å². The fourth-order valence-corrected chi connectivity index (χ4v) is 2.91. The van der Waals surface area contributed by atoms with E-state index in [4.69, 9.17) is 0 Å². The third-order valence-corrected chi connectivity index (χ3v) is 4.19. The van der Waals surface area contributed by atoms with E-state index in [9.17, 15) is 0 Å². The fourth-order valence-electron chi connectivity index (χ4n) is 2.91. The molecule has 0 aromatic carbocycles. The van der Waals surface area contributed by atoms with E-state index < -0.39 is 0 Å². The monoisotopic (exact) mass is 261 g/mol. The van der Waals surface area contributed by atoms with Crippen LogP contribution >= 0.6 is 0 Å². The normalized spacial score (nSPS) is 27.7. The molecule has 104 valence electrons. The van der Waals surface area contributed by atoms with Crippen LogP contribution < -0.4 is 0 Å². The average Bonchev–Trinajstić information content (AvgIpc) is 2.81. The Morgan fingerprint density at radius 2 is 1.89 bits per heavy atom. The van der Waals surface area contributed by atoms with Crippen LogP contribution in [0.2, 0.25) is 0 Å². The van der Waals surface area contributed by atoms with E-state index >= 15 is 0 Å². The van der Waals surface area contributed by atoms with Crippen LogP contribution in [-0.2, 0) is 0 Å². The van der Waals surface area contributed by atoms with Crippen molar-refractivity contribution in [2.75, 3.05) is 32.7 Å². The van der Waals surface area contributed by atoms with E-state index in [0.29, 0.717) is 12.1 Å². The van der Waals surface area contributed by atoms with Gasteiger partial charge < -0.3 is 9.80 Å². The quantitative estimate of drug-likeness (QED) is 0.706. The first-order valence-electron chi connectivity index (χ1n) is 7.23. The molecule has 3 heterocycles. The first-order chi connectivity index (χ1) is 9.16. The van der Waals surface area contributed by atoms with Gasteiger partial charge in [0.2, 0.25) is 0 Å². The summed E-state index contributed by atoms with van der Waals surface area (Å²) in [6, 6.07) is 1.10. The molecule has 0 amide bonds. The van der Waals surface area contributed by atoms with Gasteiger partial charge in [0.1, 0.15) is 0 Å². The Hall–Kier alpha value is -1.36. The molecule has 3 aliphatic rings. The highest BCUT2D eigenvalue weighted by atomic mass is 15.4. The van der Waals surface area contributed by atoms with Gasteiger partial charge in [0, 0.05) is 44.6 Å². The van der Waals surface area contributed by atoms with E-state index in [1.165, 1.54) is 0 Å². The summed E-state index contributed by atoms with van der Waals surface area (Å²) >= 11 is 0. The molecule has 0 N–H and O–H groups in total. The van der Waals surface area contributed by atoms with Crippen molar-refractivity contribution in [2.24, 2.45) is 9.98 Å². The van der Waals surface area contributed by atoms with E-state index in [1.54, 1.807) is 0 Å². The summed E-state index contributed by atoms with van der Waals surface area (Å²) < 4.78 is 0. The Morgan fingerprint density at radius 3 is 2.58 bits per heavy atom. The molecule has 5 heteroatoms. The molecule has 0 radical (unpaired) electrons. The maximum absolute atomic E-state index is 4.65. The van der Waals surface area contributed by atoms with Crippen molar-refractivity contribution in [3.05, 3.63) is 12.4 Å². The first-order valence-corrected chi connectivity index (χ1v) is 7.23. The SMILES string of the molecule is CC(C)N1CCN(C2=NC=CN3C2=NC[C@H]3C)CC1. The predicted molar refractivity (Wildman–Crippen MR) is 78.5 cm³/mol. The minimum Gasteiger partial charge on any atom is -0.351 e. The summed E-state index contributed by atoms with van der Waals surface area (Å²) in [4.78, 5) is 16.4. The summed E-state index contributed by atoms with van der Waals surface area (Å²) in [6.07, 6.45) is 3.95. The van der Waals surface area contributed by atoms with E-state index in [0.717, 1.165) is 44.4 Å². The largest absolute Gasteiger partial charge is 0.351 e. The molecule has 1 fully saturated rings. The number of nitrogens with zero attached hydrogens (tertiary/aromatic N) is 5. The molecule has 0 bridgehead atoms. The van der Waals surface area contributed by atoms with Crippen molar-refractivity contribution in [1.82, 2.24) is 14.7 Å². The zero-order valence-electron chi connectivity index (χ0n) is 12.1. The second-order valence-corrected chi connectivity index (χ2v) is 5.79. The molecule has 0 saturated carbocycles. The van der Waals surface area contributed by atoms with Gasteiger partial charge in [-0.2, -0.15) is 0 Å². The summed E-state index contributed by atoms with van der Waals surface area (Å²) in [5.41, 5.74) is 0. The van der Waals surface area contributed by atoms with E-state index in [-0.39, 0.29) is 0 Å². The number of hydrogen-bond acceptors (Lipinski definition) is 5. The molecular weight excluding hydrogens is 238 g/mol. The Labute approximate surface area is 115 Å². The summed E-state index contributed by atoms with van der Waals surface area (Å²) in [7, 11) is 0. The van der Waals surface area contributed by atoms with Crippen molar-refractivity contribution in [2.45, 2.75) is 32.9 Å². The Morgan fingerprint density at radius 1 is 1.16 bits per heavy atom. The summed E-state index contributed by atoms with van der Waals surface area (Å²) in [5.74, 6) is 2.13. The van der Waals surface area contributed by atoms with E-state index in [2.05, 4.69) is 45.5 Å². The predicted octanol–water partition coefficient (Wildman–Crippen LogP) is 0.998. The minimum absolute atomic E-state index is 0.466. The van der Waals surface area contributed by atoms with Crippen LogP contribution in [0, 0.1) is 0 Å². The molecule has 0 spiro atoms. The maximum atomic E-state index is 4.65. The van der Waals surface area contributed by atoms with Gasteiger partial charge in [0.25, 0.3) is 0 Å².